The van der Waals surface area contributed by atoms with Crippen molar-refractivity contribution in [2.75, 3.05) is 0 Å². The standard InChI is InChI=1S/C15H15N5O2/c1-10-5-6-12(8-11(10)2)20-14(17-18-19-20)9-16-15(21)13-4-3-7-22-13/h3-8H,9H2,1-2H3,(H,16,21). The minimum Gasteiger partial charge on any atom is -0.459 e. The van der Waals surface area contributed by atoms with Crippen molar-refractivity contribution in [3.05, 3.63) is 59.3 Å². The SMILES string of the molecule is Cc1ccc(-n2nnnc2CNC(=O)c2ccco2)cc1C. The zero-order chi connectivity index (χ0) is 15.5. The van der Waals surface area contributed by atoms with E-state index in [0.717, 1.165) is 11.3 Å². The van der Waals surface area contributed by atoms with Crippen LogP contribution >= 0.6 is 0 Å². The molecule has 0 unspecified atom stereocenters. The third-order valence-electron chi connectivity index (χ3n) is 3.42. The number of nitrogens with zero attached hydrogens (tertiary/aromatic N) is 4. The fourth-order valence-corrected chi connectivity index (χ4v) is 2.03. The first kappa shape index (κ1) is 14.0. The molecule has 0 radical (unpaired) electrons. The molecule has 3 aromatic rings. The lowest BCUT2D eigenvalue weighted by Crippen LogP contribution is -2.24. The Morgan fingerprint density at radius 2 is 2.14 bits per heavy atom. The van der Waals surface area contributed by atoms with Crippen LogP contribution in [0.25, 0.3) is 5.69 Å². The predicted octanol–water partition coefficient (Wildman–Crippen LogP) is 1.80. The first-order valence-corrected chi connectivity index (χ1v) is 6.82. The van der Waals surface area contributed by atoms with Crippen LogP contribution in [0.5, 0.6) is 0 Å². The van der Waals surface area contributed by atoms with E-state index in [1.54, 1.807) is 16.8 Å². The molecule has 7 heteroatoms. The van der Waals surface area contributed by atoms with Gasteiger partial charge in [0.25, 0.3) is 5.91 Å². The Balaban J connectivity index is 1.77. The summed E-state index contributed by atoms with van der Waals surface area (Å²) in [6, 6.07) is 9.22. The molecule has 1 amide bonds. The third kappa shape index (κ3) is 2.73. The van der Waals surface area contributed by atoms with Gasteiger partial charge < -0.3 is 9.73 Å². The van der Waals surface area contributed by atoms with Crippen LogP contribution in [-0.4, -0.2) is 26.1 Å². The Kier molecular flexibility index (Phi) is 3.69. The van der Waals surface area contributed by atoms with Crippen molar-refractivity contribution in [2.24, 2.45) is 0 Å². The molecule has 22 heavy (non-hydrogen) atoms. The van der Waals surface area contributed by atoms with E-state index in [-0.39, 0.29) is 18.2 Å². The fraction of sp³-hybridized carbons (Fsp3) is 0.200. The summed E-state index contributed by atoms with van der Waals surface area (Å²) >= 11 is 0. The average Bonchev–Trinajstić information content (AvgIpc) is 3.18. The Morgan fingerprint density at radius 1 is 1.27 bits per heavy atom. The van der Waals surface area contributed by atoms with Crippen LogP contribution in [0.1, 0.15) is 27.5 Å². The number of carbonyl (C=O) groups is 1. The summed E-state index contributed by atoms with van der Waals surface area (Å²) in [5, 5.41) is 14.3. The van der Waals surface area contributed by atoms with E-state index in [0.29, 0.717) is 5.82 Å². The molecule has 0 saturated carbocycles. The molecule has 0 aliphatic heterocycles. The average molecular weight is 297 g/mol. The van der Waals surface area contributed by atoms with Gasteiger partial charge >= 0.3 is 0 Å². The highest BCUT2D eigenvalue weighted by atomic mass is 16.3. The van der Waals surface area contributed by atoms with Crippen LogP contribution in [0.3, 0.4) is 0 Å². The molecule has 3 rings (SSSR count). The summed E-state index contributed by atoms with van der Waals surface area (Å²) in [7, 11) is 0. The van der Waals surface area contributed by atoms with Crippen LogP contribution in [0.15, 0.2) is 41.0 Å². The molecule has 2 aromatic heterocycles. The molecule has 7 nitrogen and oxygen atoms in total. The zero-order valence-corrected chi connectivity index (χ0v) is 12.3. The van der Waals surface area contributed by atoms with Gasteiger partial charge in [-0.2, -0.15) is 4.68 Å². The van der Waals surface area contributed by atoms with Gasteiger partial charge in [0.2, 0.25) is 0 Å². The maximum absolute atomic E-state index is 11.9. The molecule has 0 fully saturated rings. The van der Waals surface area contributed by atoms with Gasteiger partial charge in [0, 0.05) is 0 Å². The van der Waals surface area contributed by atoms with E-state index in [9.17, 15) is 4.79 Å². The number of amides is 1. The number of furan rings is 1. The van der Waals surface area contributed by atoms with Crippen molar-refractivity contribution < 1.29 is 9.21 Å². The largest absolute Gasteiger partial charge is 0.459 e. The number of benzene rings is 1. The van der Waals surface area contributed by atoms with E-state index in [1.807, 2.05) is 32.0 Å². The van der Waals surface area contributed by atoms with Crippen molar-refractivity contribution in [3.8, 4) is 5.69 Å². The van der Waals surface area contributed by atoms with Crippen molar-refractivity contribution in [1.29, 1.82) is 0 Å². The minimum absolute atomic E-state index is 0.208. The van der Waals surface area contributed by atoms with Crippen LogP contribution in [0.2, 0.25) is 0 Å². The molecular weight excluding hydrogens is 282 g/mol. The number of hydrogen-bond acceptors (Lipinski definition) is 5. The lowest BCUT2D eigenvalue weighted by atomic mass is 10.1. The Labute approximate surface area is 126 Å². The molecule has 2 heterocycles. The minimum atomic E-state index is -0.306. The number of carbonyl (C=O) groups excluding carboxylic acids is 1. The lowest BCUT2D eigenvalue weighted by molar-refractivity contribution is 0.0922. The van der Waals surface area contributed by atoms with Crippen molar-refractivity contribution in [3.63, 3.8) is 0 Å². The first-order chi connectivity index (χ1) is 10.6. The lowest BCUT2D eigenvalue weighted by Gasteiger charge is -2.07. The third-order valence-corrected chi connectivity index (χ3v) is 3.42. The first-order valence-electron chi connectivity index (χ1n) is 6.82. The molecule has 0 bridgehead atoms. The molecule has 0 aliphatic carbocycles. The molecule has 1 aromatic carbocycles. The van der Waals surface area contributed by atoms with Crippen molar-refractivity contribution in [1.82, 2.24) is 25.5 Å². The van der Waals surface area contributed by atoms with Gasteiger partial charge in [-0.25, -0.2) is 0 Å². The number of rotatable bonds is 4. The Morgan fingerprint density at radius 3 is 2.86 bits per heavy atom. The Bertz CT molecular complexity index is 792. The summed E-state index contributed by atoms with van der Waals surface area (Å²) in [4.78, 5) is 11.9. The van der Waals surface area contributed by atoms with Gasteiger partial charge in [0.05, 0.1) is 18.5 Å². The molecule has 112 valence electrons. The smallest absolute Gasteiger partial charge is 0.287 e. The summed E-state index contributed by atoms with van der Waals surface area (Å²) in [6.45, 7) is 4.28. The maximum atomic E-state index is 11.9. The summed E-state index contributed by atoms with van der Waals surface area (Å²) < 4.78 is 6.64. The maximum Gasteiger partial charge on any atom is 0.287 e. The fourth-order valence-electron chi connectivity index (χ4n) is 2.03. The molecule has 0 atom stereocenters. The van der Waals surface area contributed by atoms with Gasteiger partial charge in [-0.3, -0.25) is 4.79 Å². The highest BCUT2D eigenvalue weighted by molar-refractivity contribution is 5.91. The van der Waals surface area contributed by atoms with Crippen molar-refractivity contribution >= 4 is 5.91 Å². The molecule has 0 spiro atoms. The van der Waals surface area contributed by atoms with Gasteiger partial charge in [-0.15, -0.1) is 5.10 Å². The van der Waals surface area contributed by atoms with E-state index in [2.05, 4.69) is 20.8 Å². The molecule has 1 N–H and O–H groups in total. The number of nitrogens with one attached hydrogen (secondary N) is 1. The predicted molar refractivity (Wildman–Crippen MR) is 78.5 cm³/mol. The van der Waals surface area contributed by atoms with E-state index in [4.69, 9.17) is 4.42 Å². The van der Waals surface area contributed by atoms with Crippen LogP contribution in [-0.2, 0) is 6.54 Å². The van der Waals surface area contributed by atoms with Gasteiger partial charge in [-0.05, 0) is 59.7 Å². The second-order valence-corrected chi connectivity index (χ2v) is 4.94. The quantitative estimate of drug-likeness (QED) is 0.793. The highest BCUT2D eigenvalue weighted by Gasteiger charge is 2.12. The van der Waals surface area contributed by atoms with E-state index in [1.165, 1.54) is 11.8 Å². The van der Waals surface area contributed by atoms with Crippen LogP contribution in [0, 0.1) is 13.8 Å². The summed E-state index contributed by atoms with van der Waals surface area (Å²) in [6.07, 6.45) is 1.45. The second-order valence-electron chi connectivity index (χ2n) is 4.94. The zero-order valence-electron chi connectivity index (χ0n) is 12.3. The monoisotopic (exact) mass is 297 g/mol. The van der Waals surface area contributed by atoms with Gasteiger partial charge in [-0.1, -0.05) is 6.07 Å². The summed E-state index contributed by atoms with van der Waals surface area (Å²) in [5.41, 5.74) is 3.21. The summed E-state index contributed by atoms with van der Waals surface area (Å²) in [5.74, 6) is 0.494. The molecular formula is C15H15N5O2. The number of aromatic nitrogens is 4. The topological polar surface area (TPSA) is 85.8 Å². The number of hydrogen-bond donors (Lipinski definition) is 1. The van der Waals surface area contributed by atoms with Crippen LogP contribution < -0.4 is 5.32 Å². The highest BCUT2D eigenvalue weighted by Crippen LogP contribution is 2.14. The molecule has 0 aliphatic rings. The number of aryl methyl sites for hydroxylation is 2. The van der Waals surface area contributed by atoms with E-state index < -0.39 is 0 Å². The molecule has 0 saturated heterocycles. The second kappa shape index (κ2) is 5.80. The normalized spacial score (nSPS) is 10.6. The Hall–Kier alpha value is -2.96. The van der Waals surface area contributed by atoms with Gasteiger partial charge in [0.15, 0.2) is 11.6 Å². The number of tetrazole rings is 1. The van der Waals surface area contributed by atoms with Gasteiger partial charge in [0.1, 0.15) is 0 Å². The van der Waals surface area contributed by atoms with E-state index >= 15 is 0 Å². The van der Waals surface area contributed by atoms with Crippen LogP contribution in [0.4, 0.5) is 0 Å². The van der Waals surface area contributed by atoms with Crippen molar-refractivity contribution in [2.45, 2.75) is 20.4 Å².